The van der Waals surface area contributed by atoms with E-state index in [1.807, 2.05) is 38.1 Å². The first kappa shape index (κ1) is 18.7. The van der Waals surface area contributed by atoms with E-state index in [0.717, 1.165) is 12.0 Å². The van der Waals surface area contributed by atoms with Crippen LogP contribution >= 0.6 is 0 Å². The van der Waals surface area contributed by atoms with E-state index in [2.05, 4.69) is 5.32 Å². The molecular weight excluding hydrogens is 294 g/mol. The zero-order chi connectivity index (χ0) is 17.2. The zero-order valence-electron chi connectivity index (χ0n) is 13.8. The van der Waals surface area contributed by atoms with Crippen LogP contribution in [0.25, 0.3) is 0 Å². The van der Waals surface area contributed by atoms with E-state index >= 15 is 0 Å². The van der Waals surface area contributed by atoms with Crippen molar-refractivity contribution in [2.45, 2.75) is 39.5 Å². The molecule has 0 bridgehead atoms. The molecule has 0 heterocycles. The molecule has 3 amide bonds. The average Bonchev–Trinajstić information content (AvgIpc) is 2.50. The summed E-state index contributed by atoms with van der Waals surface area (Å²) in [6.45, 7) is 4.72. The quantitative estimate of drug-likeness (QED) is 0.722. The van der Waals surface area contributed by atoms with Gasteiger partial charge in [-0.2, -0.15) is 0 Å². The molecule has 0 saturated heterocycles. The fourth-order valence-corrected chi connectivity index (χ4v) is 2.12. The maximum absolute atomic E-state index is 12.4. The van der Waals surface area contributed by atoms with Crippen LogP contribution < -0.4 is 16.0 Å². The van der Waals surface area contributed by atoms with Gasteiger partial charge in [-0.25, -0.2) is 0 Å². The van der Waals surface area contributed by atoms with Gasteiger partial charge >= 0.3 is 0 Å². The van der Waals surface area contributed by atoms with Crippen LogP contribution in [0, 0.1) is 6.92 Å². The van der Waals surface area contributed by atoms with E-state index in [-0.39, 0.29) is 37.6 Å². The monoisotopic (exact) mass is 319 g/mol. The molecule has 3 N–H and O–H groups in total. The number of hydrogen-bond acceptors (Lipinski definition) is 3. The highest BCUT2D eigenvalue weighted by molar-refractivity contribution is 5.96. The number of anilines is 1. The van der Waals surface area contributed by atoms with Crippen molar-refractivity contribution in [1.29, 1.82) is 0 Å². The lowest BCUT2D eigenvalue weighted by atomic mass is 10.1. The number of nitrogens with two attached hydrogens (primary N) is 1. The third kappa shape index (κ3) is 6.95. The molecule has 0 fully saturated rings. The van der Waals surface area contributed by atoms with E-state index in [0.29, 0.717) is 12.2 Å². The number of benzene rings is 1. The topological polar surface area (TPSA) is 92.5 Å². The van der Waals surface area contributed by atoms with Crippen molar-refractivity contribution in [3.05, 3.63) is 29.8 Å². The van der Waals surface area contributed by atoms with Gasteiger partial charge in [0.15, 0.2) is 0 Å². The van der Waals surface area contributed by atoms with Crippen molar-refractivity contribution in [3.63, 3.8) is 0 Å². The summed E-state index contributed by atoms with van der Waals surface area (Å²) in [5, 5.41) is 2.74. The lowest BCUT2D eigenvalue weighted by Crippen LogP contribution is -2.35. The summed E-state index contributed by atoms with van der Waals surface area (Å²) >= 11 is 0. The largest absolute Gasteiger partial charge is 0.370 e. The second-order valence-electron chi connectivity index (χ2n) is 5.45. The summed E-state index contributed by atoms with van der Waals surface area (Å²) < 4.78 is 0. The molecule has 126 valence electrons. The van der Waals surface area contributed by atoms with Gasteiger partial charge in [-0.1, -0.05) is 19.1 Å². The molecule has 0 unspecified atom stereocenters. The molecule has 6 nitrogen and oxygen atoms in total. The van der Waals surface area contributed by atoms with Crippen molar-refractivity contribution < 1.29 is 14.4 Å². The second kappa shape index (κ2) is 9.61. The Bertz CT molecular complexity index is 558. The van der Waals surface area contributed by atoms with Gasteiger partial charge in [-0.15, -0.1) is 0 Å². The van der Waals surface area contributed by atoms with E-state index in [1.54, 1.807) is 0 Å². The average molecular weight is 319 g/mol. The number of primary amides is 1. The Morgan fingerprint density at radius 3 is 2.52 bits per heavy atom. The van der Waals surface area contributed by atoms with Gasteiger partial charge in [0.25, 0.3) is 0 Å². The first-order valence-electron chi connectivity index (χ1n) is 7.86. The Balaban J connectivity index is 2.73. The first-order chi connectivity index (χ1) is 10.9. The molecule has 1 aromatic carbocycles. The van der Waals surface area contributed by atoms with Crippen LogP contribution in [0.15, 0.2) is 24.3 Å². The summed E-state index contributed by atoms with van der Waals surface area (Å²) in [6.07, 6.45) is 1.18. The standard InChI is InChI=1S/C17H25N3O3/c1-3-10-19-16(22)7-8-17(23)20(11-9-15(18)21)14-6-4-5-13(2)12-14/h4-6,12H,3,7-11H2,1-2H3,(H2,18,21)(H,19,22). The summed E-state index contributed by atoms with van der Waals surface area (Å²) in [5.41, 5.74) is 6.91. The summed E-state index contributed by atoms with van der Waals surface area (Å²) in [7, 11) is 0. The lowest BCUT2D eigenvalue weighted by molar-refractivity contribution is -0.125. The molecule has 0 aliphatic carbocycles. The molecule has 0 atom stereocenters. The van der Waals surface area contributed by atoms with Crippen LogP contribution in [0.4, 0.5) is 5.69 Å². The predicted octanol–water partition coefficient (Wildman–Crippen LogP) is 1.51. The Morgan fingerprint density at radius 1 is 1.17 bits per heavy atom. The molecule has 0 aliphatic rings. The van der Waals surface area contributed by atoms with Crippen LogP contribution in [-0.4, -0.2) is 30.8 Å². The van der Waals surface area contributed by atoms with E-state index in [1.165, 1.54) is 4.90 Å². The minimum atomic E-state index is -0.462. The highest BCUT2D eigenvalue weighted by Crippen LogP contribution is 2.18. The highest BCUT2D eigenvalue weighted by atomic mass is 16.2. The lowest BCUT2D eigenvalue weighted by Gasteiger charge is -2.22. The number of rotatable bonds is 9. The smallest absolute Gasteiger partial charge is 0.227 e. The van der Waals surface area contributed by atoms with Crippen molar-refractivity contribution in [2.75, 3.05) is 18.0 Å². The Kier molecular flexibility index (Phi) is 7.80. The molecule has 23 heavy (non-hydrogen) atoms. The minimum absolute atomic E-state index is 0.0850. The van der Waals surface area contributed by atoms with Gasteiger partial charge in [-0.3, -0.25) is 14.4 Å². The van der Waals surface area contributed by atoms with Gasteiger partial charge in [0.2, 0.25) is 17.7 Å². The van der Waals surface area contributed by atoms with Gasteiger partial charge in [0.05, 0.1) is 0 Å². The molecule has 1 aromatic rings. The molecular formula is C17H25N3O3. The molecule has 0 saturated carbocycles. The summed E-state index contributed by atoms with van der Waals surface area (Å²) in [5.74, 6) is -0.793. The van der Waals surface area contributed by atoms with Crippen LogP contribution in [-0.2, 0) is 14.4 Å². The molecule has 0 radical (unpaired) electrons. The summed E-state index contributed by atoms with van der Waals surface area (Å²) in [4.78, 5) is 36.6. The van der Waals surface area contributed by atoms with E-state index < -0.39 is 5.91 Å². The van der Waals surface area contributed by atoms with E-state index in [4.69, 9.17) is 5.73 Å². The summed E-state index contributed by atoms with van der Waals surface area (Å²) in [6, 6.07) is 7.46. The zero-order valence-corrected chi connectivity index (χ0v) is 13.8. The Morgan fingerprint density at radius 2 is 1.91 bits per heavy atom. The maximum atomic E-state index is 12.4. The molecule has 6 heteroatoms. The van der Waals surface area contributed by atoms with Gasteiger partial charge < -0.3 is 16.0 Å². The van der Waals surface area contributed by atoms with Crippen molar-refractivity contribution in [1.82, 2.24) is 5.32 Å². The molecule has 0 aliphatic heterocycles. The van der Waals surface area contributed by atoms with Gasteiger partial charge in [0.1, 0.15) is 0 Å². The number of carbonyl (C=O) groups excluding carboxylic acids is 3. The van der Waals surface area contributed by atoms with Crippen LogP contribution in [0.1, 0.15) is 38.2 Å². The van der Waals surface area contributed by atoms with Gasteiger partial charge in [0, 0.05) is 38.0 Å². The fourth-order valence-electron chi connectivity index (χ4n) is 2.12. The van der Waals surface area contributed by atoms with Gasteiger partial charge in [-0.05, 0) is 31.0 Å². The minimum Gasteiger partial charge on any atom is -0.370 e. The number of hydrogen-bond donors (Lipinski definition) is 2. The number of nitrogens with zero attached hydrogens (tertiary/aromatic N) is 1. The third-order valence-corrected chi connectivity index (χ3v) is 3.33. The van der Waals surface area contributed by atoms with Crippen molar-refractivity contribution in [3.8, 4) is 0 Å². The first-order valence-corrected chi connectivity index (χ1v) is 7.86. The van der Waals surface area contributed by atoms with Crippen molar-refractivity contribution >= 4 is 23.4 Å². The molecule has 0 spiro atoms. The molecule has 1 rings (SSSR count). The third-order valence-electron chi connectivity index (χ3n) is 3.33. The Labute approximate surface area is 137 Å². The van der Waals surface area contributed by atoms with Crippen LogP contribution in [0.3, 0.4) is 0 Å². The van der Waals surface area contributed by atoms with E-state index in [9.17, 15) is 14.4 Å². The SMILES string of the molecule is CCCNC(=O)CCC(=O)N(CCC(N)=O)c1cccc(C)c1. The number of nitrogens with one attached hydrogen (secondary N) is 1. The second-order valence-corrected chi connectivity index (χ2v) is 5.45. The fraction of sp³-hybridized carbons (Fsp3) is 0.471. The number of carbonyl (C=O) groups is 3. The Hall–Kier alpha value is -2.37. The number of amides is 3. The van der Waals surface area contributed by atoms with Crippen LogP contribution in [0.2, 0.25) is 0 Å². The normalized spacial score (nSPS) is 10.2. The van der Waals surface area contributed by atoms with Crippen molar-refractivity contribution in [2.24, 2.45) is 5.73 Å². The molecule has 0 aromatic heterocycles. The maximum Gasteiger partial charge on any atom is 0.227 e. The predicted molar refractivity (Wildman–Crippen MR) is 89.9 cm³/mol. The number of aryl methyl sites for hydroxylation is 1. The highest BCUT2D eigenvalue weighted by Gasteiger charge is 2.17. The van der Waals surface area contributed by atoms with Crippen LogP contribution in [0.5, 0.6) is 0 Å².